The molecular weight excluding hydrogens is 502 g/mol. The number of carbonyl (C=O) groups is 2. The minimum Gasteiger partial charge on any atom is -0.480 e. The van der Waals surface area contributed by atoms with E-state index in [-0.39, 0.29) is 11.8 Å². The molecule has 0 saturated carbocycles. The number of nitrogens with zero attached hydrogens (tertiary/aromatic N) is 4. The van der Waals surface area contributed by atoms with E-state index in [0.29, 0.717) is 47.9 Å². The van der Waals surface area contributed by atoms with E-state index in [2.05, 4.69) is 15.3 Å². The van der Waals surface area contributed by atoms with Gasteiger partial charge in [0, 0.05) is 55.6 Å². The minimum atomic E-state index is -0.0933. The fraction of sp³-hybridized carbons (Fsp3) is 0.241. The first kappa shape index (κ1) is 24.3. The number of carbonyl (C=O) groups excluding carboxylic acids is 2. The van der Waals surface area contributed by atoms with Crippen molar-refractivity contribution in [2.24, 2.45) is 7.05 Å². The maximum atomic E-state index is 13.7. The molecule has 9 heteroatoms. The van der Waals surface area contributed by atoms with E-state index < -0.39 is 0 Å². The van der Waals surface area contributed by atoms with Gasteiger partial charge in [-0.25, -0.2) is 9.97 Å². The van der Waals surface area contributed by atoms with Crippen LogP contribution < -0.4 is 15.0 Å². The molecule has 8 nitrogen and oxygen atoms in total. The highest BCUT2D eigenvalue weighted by Gasteiger charge is 2.32. The number of fused-ring (bicyclic) bond motifs is 2. The highest BCUT2D eigenvalue weighted by Crippen LogP contribution is 2.42. The molecule has 4 heterocycles. The van der Waals surface area contributed by atoms with Crippen molar-refractivity contribution in [3.8, 4) is 28.3 Å². The van der Waals surface area contributed by atoms with Gasteiger partial charge in [-0.2, -0.15) is 0 Å². The molecule has 38 heavy (non-hydrogen) atoms. The summed E-state index contributed by atoms with van der Waals surface area (Å²) in [5.41, 5.74) is 7.57. The standard InChI is InChI=1S/C29H26ClN5O3/c1-34-25-11-13-31-15-23(25)32-27(34)29(37)35-14-12-19-18(5-4-8-24(19)35)20-6-3-7-21(26(20)30)22-10-9-17(16-36)28(33-22)38-2/h3-10,16,31H,11-15H2,1-2H3. The first-order chi connectivity index (χ1) is 18.5. The van der Waals surface area contributed by atoms with Crippen molar-refractivity contribution in [3.63, 3.8) is 0 Å². The Morgan fingerprint density at radius 2 is 1.84 bits per heavy atom. The van der Waals surface area contributed by atoms with Crippen molar-refractivity contribution >= 4 is 29.5 Å². The Kier molecular flexibility index (Phi) is 6.21. The number of pyridine rings is 1. The zero-order valence-corrected chi connectivity index (χ0v) is 21.9. The number of nitrogens with one attached hydrogen (secondary N) is 1. The Hall–Kier alpha value is -4.01. The molecule has 0 aliphatic carbocycles. The number of hydrogen-bond acceptors (Lipinski definition) is 6. The molecule has 1 N–H and O–H groups in total. The lowest BCUT2D eigenvalue weighted by Gasteiger charge is -2.18. The largest absolute Gasteiger partial charge is 0.480 e. The second-order valence-corrected chi connectivity index (χ2v) is 9.78. The van der Waals surface area contributed by atoms with E-state index >= 15 is 0 Å². The molecule has 192 valence electrons. The average Bonchev–Trinajstić information content (AvgIpc) is 3.54. The van der Waals surface area contributed by atoms with Crippen LogP contribution in [0, 0.1) is 0 Å². The van der Waals surface area contributed by atoms with Gasteiger partial charge >= 0.3 is 0 Å². The van der Waals surface area contributed by atoms with Crippen LogP contribution in [0.2, 0.25) is 5.02 Å². The number of rotatable bonds is 5. The predicted octanol–water partition coefficient (Wildman–Crippen LogP) is 4.47. The highest BCUT2D eigenvalue weighted by molar-refractivity contribution is 6.36. The number of methoxy groups -OCH3 is 1. The number of aldehydes is 1. The van der Waals surface area contributed by atoms with Gasteiger partial charge in [0.15, 0.2) is 12.1 Å². The summed E-state index contributed by atoms with van der Waals surface area (Å²) >= 11 is 6.97. The number of anilines is 1. The molecule has 0 spiro atoms. The summed E-state index contributed by atoms with van der Waals surface area (Å²) in [6.45, 7) is 2.15. The molecule has 0 radical (unpaired) electrons. The number of benzene rings is 2. The number of imidazole rings is 1. The molecular formula is C29H26ClN5O3. The summed E-state index contributed by atoms with van der Waals surface area (Å²) in [5, 5.41) is 3.87. The van der Waals surface area contributed by atoms with Crippen molar-refractivity contribution in [2.45, 2.75) is 19.4 Å². The number of ether oxygens (including phenoxy) is 1. The van der Waals surface area contributed by atoms with Crippen molar-refractivity contribution in [2.75, 3.05) is 25.1 Å². The van der Waals surface area contributed by atoms with Crippen LogP contribution in [0.3, 0.4) is 0 Å². The van der Waals surface area contributed by atoms with E-state index in [1.165, 1.54) is 7.11 Å². The molecule has 0 fully saturated rings. The van der Waals surface area contributed by atoms with Gasteiger partial charge < -0.3 is 19.5 Å². The van der Waals surface area contributed by atoms with Crippen LogP contribution in [0.5, 0.6) is 5.88 Å². The molecule has 0 unspecified atom stereocenters. The Morgan fingerprint density at radius 1 is 1.05 bits per heavy atom. The van der Waals surface area contributed by atoms with Crippen LogP contribution in [0.25, 0.3) is 22.4 Å². The molecule has 1 amide bonds. The van der Waals surface area contributed by atoms with Gasteiger partial charge in [-0.15, -0.1) is 0 Å². The fourth-order valence-electron chi connectivity index (χ4n) is 5.46. The SMILES string of the molecule is COc1nc(-c2cccc(-c3cccc4c3CCN4C(=O)c3nc4c(n3C)CCNC4)c2Cl)ccc1C=O. The van der Waals surface area contributed by atoms with Gasteiger partial charge in [0.25, 0.3) is 5.91 Å². The number of amides is 1. The van der Waals surface area contributed by atoms with E-state index in [1.54, 1.807) is 12.1 Å². The lowest BCUT2D eigenvalue weighted by atomic mass is 9.95. The fourth-order valence-corrected chi connectivity index (χ4v) is 5.78. The molecule has 0 bridgehead atoms. The summed E-state index contributed by atoms with van der Waals surface area (Å²) in [6, 6.07) is 15.2. The van der Waals surface area contributed by atoms with E-state index in [1.807, 2.05) is 52.9 Å². The lowest BCUT2D eigenvalue weighted by Crippen LogP contribution is -2.31. The highest BCUT2D eigenvalue weighted by atomic mass is 35.5. The summed E-state index contributed by atoms with van der Waals surface area (Å²) < 4.78 is 7.23. The van der Waals surface area contributed by atoms with Crippen LogP contribution >= 0.6 is 11.6 Å². The molecule has 2 aromatic carbocycles. The monoisotopic (exact) mass is 527 g/mol. The van der Waals surface area contributed by atoms with E-state index in [4.69, 9.17) is 16.3 Å². The Labute approximate surface area is 225 Å². The Morgan fingerprint density at radius 3 is 2.63 bits per heavy atom. The molecule has 6 rings (SSSR count). The van der Waals surface area contributed by atoms with Gasteiger partial charge in [0.2, 0.25) is 5.88 Å². The average molecular weight is 528 g/mol. The van der Waals surface area contributed by atoms with Gasteiger partial charge in [-0.3, -0.25) is 9.59 Å². The maximum absolute atomic E-state index is 13.7. The molecule has 2 aromatic heterocycles. The third kappa shape index (κ3) is 3.88. The lowest BCUT2D eigenvalue weighted by molar-refractivity contribution is 0.0975. The number of halogens is 1. The van der Waals surface area contributed by atoms with Crippen molar-refractivity contribution in [1.29, 1.82) is 0 Å². The molecule has 0 saturated heterocycles. The summed E-state index contributed by atoms with van der Waals surface area (Å²) in [4.78, 5) is 36.0. The van der Waals surface area contributed by atoms with Crippen molar-refractivity contribution < 1.29 is 14.3 Å². The first-order valence-corrected chi connectivity index (χ1v) is 12.9. The second-order valence-electron chi connectivity index (χ2n) is 9.40. The molecule has 2 aliphatic heterocycles. The first-order valence-electron chi connectivity index (χ1n) is 12.5. The summed E-state index contributed by atoms with van der Waals surface area (Å²) in [7, 11) is 3.41. The number of hydrogen-bond donors (Lipinski definition) is 1. The third-order valence-corrected chi connectivity index (χ3v) is 7.77. The summed E-state index contributed by atoms with van der Waals surface area (Å²) in [5.74, 6) is 0.625. The van der Waals surface area contributed by atoms with E-state index in [0.717, 1.165) is 52.3 Å². The maximum Gasteiger partial charge on any atom is 0.294 e. The van der Waals surface area contributed by atoms with Crippen LogP contribution in [-0.2, 0) is 26.4 Å². The smallest absolute Gasteiger partial charge is 0.294 e. The predicted molar refractivity (Wildman–Crippen MR) is 146 cm³/mol. The molecule has 4 aromatic rings. The van der Waals surface area contributed by atoms with Gasteiger partial charge in [0.1, 0.15) is 0 Å². The third-order valence-electron chi connectivity index (χ3n) is 7.37. The topological polar surface area (TPSA) is 89.3 Å². The van der Waals surface area contributed by atoms with Crippen molar-refractivity contribution in [1.82, 2.24) is 19.9 Å². The summed E-state index contributed by atoms with van der Waals surface area (Å²) in [6.07, 6.45) is 2.29. The van der Waals surface area contributed by atoms with Crippen LogP contribution in [0.15, 0.2) is 48.5 Å². The van der Waals surface area contributed by atoms with Gasteiger partial charge in [0.05, 0.1) is 29.1 Å². The van der Waals surface area contributed by atoms with Crippen LogP contribution in [0.1, 0.15) is 37.9 Å². The van der Waals surface area contributed by atoms with Crippen molar-refractivity contribution in [3.05, 3.63) is 81.9 Å². The van der Waals surface area contributed by atoms with E-state index in [9.17, 15) is 9.59 Å². The minimum absolute atomic E-state index is 0.0933. The Bertz CT molecular complexity index is 1600. The van der Waals surface area contributed by atoms with Crippen LogP contribution in [0.4, 0.5) is 5.69 Å². The molecule has 2 aliphatic rings. The van der Waals surface area contributed by atoms with Crippen LogP contribution in [-0.4, -0.2) is 46.9 Å². The van der Waals surface area contributed by atoms with Gasteiger partial charge in [-0.1, -0.05) is 41.9 Å². The zero-order chi connectivity index (χ0) is 26.4. The normalized spacial score (nSPS) is 14.2. The quantitative estimate of drug-likeness (QED) is 0.385. The zero-order valence-electron chi connectivity index (χ0n) is 21.1. The Balaban J connectivity index is 1.38. The van der Waals surface area contributed by atoms with Gasteiger partial charge in [-0.05, 0) is 35.7 Å². The molecule has 0 atom stereocenters. The second kappa shape index (κ2) is 9.70. The number of aromatic nitrogens is 3.